The van der Waals surface area contributed by atoms with E-state index in [2.05, 4.69) is 32.2 Å². The molecule has 8 bridgehead atoms. The Morgan fingerprint density at radius 2 is 1.68 bits per heavy atom. The Hall–Kier alpha value is -2.45. The molecule has 3 aromatic rings. The summed E-state index contributed by atoms with van der Waals surface area (Å²) >= 11 is 2.01. The smallest absolute Gasteiger partial charge is 0.276 e. The summed E-state index contributed by atoms with van der Waals surface area (Å²) in [7, 11) is 0. The number of alkyl halides is 2. The quantitative estimate of drug-likeness (QED) is 0.339. The maximum Gasteiger partial charge on any atom is 0.276 e. The van der Waals surface area contributed by atoms with E-state index in [1.807, 2.05) is 17.8 Å². The van der Waals surface area contributed by atoms with Crippen molar-refractivity contribution in [3.63, 3.8) is 0 Å². The summed E-state index contributed by atoms with van der Waals surface area (Å²) in [6, 6.07) is 11.6. The summed E-state index contributed by atoms with van der Waals surface area (Å²) in [5, 5.41) is 4.50. The maximum atomic E-state index is 15.7. The first-order chi connectivity index (χ1) is 19.6. The lowest BCUT2D eigenvalue weighted by Crippen LogP contribution is -2.40. The molecule has 5 heterocycles. The lowest BCUT2D eigenvalue weighted by atomic mass is 9.86. The van der Waals surface area contributed by atoms with Crippen LogP contribution in [0, 0.1) is 5.92 Å². The molecule has 0 saturated carbocycles. The summed E-state index contributed by atoms with van der Waals surface area (Å²) in [6.45, 7) is 5.11. The van der Waals surface area contributed by atoms with Gasteiger partial charge in [0.05, 0.1) is 5.52 Å². The van der Waals surface area contributed by atoms with Crippen LogP contribution >= 0.6 is 11.8 Å². The number of fused-ring (bicyclic) bond motifs is 9. The molecule has 4 aliphatic rings. The van der Waals surface area contributed by atoms with E-state index in [-0.39, 0.29) is 5.56 Å². The van der Waals surface area contributed by atoms with Crippen molar-refractivity contribution in [2.75, 3.05) is 54.4 Å². The highest BCUT2D eigenvalue weighted by atomic mass is 32.2. The Kier molecular flexibility index (Phi) is 8.73. The minimum Gasteiger partial charge on any atom is -0.370 e. The number of thioether (sulfide) groups is 1. The number of anilines is 2. The molecule has 0 amide bonds. The van der Waals surface area contributed by atoms with Crippen LogP contribution in [0.5, 0.6) is 0 Å². The van der Waals surface area contributed by atoms with Crippen LogP contribution in [0.2, 0.25) is 0 Å². The van der Waals surface area contributed by atoms with Gasteiger partial charge in [-0.15, -0.1) is 0 Å². The van der Waals surface area contributed by atoms with E-state index < -0.39 is 11.8 Å². The molecule has 2 saturated heterocycles. The number of hydrogen-bond acceptors (Lipinski definition) is 6. The van der Waals surface area contributed by atoms with Gasteiger partial charge in [-0.25, -0.2) is 18.7 Å². The van der Waals surface area contributed by atoms with Gasteiger partial charge in [-0.05, 0) is 81.1 Å². The number of nitrogens with zero attached hydrogens (tertiary/aromatic N) is 4. The first-order valence-corrected chi connectivity index (χ1v) is 16.3. The Bertz CT molecular complexity index is 1290. The SMILES string of the molecule is FC1(F)c2cccc(c2)CNc2ncnc3c(cc(N4CCSCC4)cc23)CCCCCCCN2CCC1CC2. The molecule has 7 rings (SSSR count). The number of rotatable bonds is 1. The molecule has 2 aromatic carbocycles. The number of benzene rings is 2. The highest BCUT2D eigenvalue weighted by molar-refractivity contribution is 7.99. The van der Waals surface area contributed by atoms with Crippen LogP contribution in [-0.4, -0.2) is 59.1 Å². The fourth-order valence-electron chi connectivity index (χ4n) is 6.57. The number of hydrogen-bond donors (Lipinski definition) is 1. The molecule has 1 aromatic heterocycles. The van der Waals surface area contributed by atoms with E-state index in [4.69, 9.17) is 4.98 Å². The number of nitrogens with one attached hydrogen (secondary N) is 1. The predicted molar refractivity (Wildman–Crippen MR) is 163 cm³/mol. The third-order valence-corrected chi connectivity index (χ3v) is 9.91. The fourth-order valence-corrected chi connectivity index (χ4v) is 7.47. The molecular weight excluding hydrogens is 524 g/mol. The Morgan fingerprint density at radius 3 is 2.52 bits per heavy atom. The number of aryl methyl sites for hydroxylation is 1. The largest absolute Gasteiger partial charge is 0.370 e. The van der Waals surface area contributed by atoms with Gasteiger partial charge >= 0.3 is 0 Å². The lowest BCUT2D eigenvalue weighted by Gasteiger charge is -2.36. The van der Waals surface area contributed by atoms with Crippen molar-refractivity contribution in [1.82, 2.24) is 14.9 Å². The fraction of sp³-hybridized carbons (Fsp3) is 0.562. The third-order valence-electron chi connectivity index (χ3n) is 8.97. The van der Waals surface area contributed by atoms with Gasteiger partial charge in [0.25, 0.3) is 5.92 Å². The molecule has 0 spiro atoms. The normalized spacial score (nSPS) is 24.4. The van der Waals surface area contributed by atoms with Crippen LogP contribution in [-0.2, 0) is 18.9 Å². The van der Waals surface area contributed by atoms with Gasteiger partial charge in [-0.2, -0.15) is 11.8 Å². The average molecular weight is 566 g/mol. The van der Waals surface area contributed by atoms with Crippen molar-refractivity contribution in [2.24, 2.45) is 5.92 Å². The molecule has 0 radical (unpaired) electrons. The molecule has 0 aliphatic carbocycles. The van der Waals surface area contributed by atoms with Crippen molar-refractivity contribution in [1.29, 1.82) is 0 Å². The molecular formula is C32H41F2N5S. The van der Waals surface area contributed by atoms with Crippen LogP contribution in [0.3, 0.4) is 0 Å². The molecule has 214 valence electrons. The Morgan fingerprint density at radius 1 is 0.875 bits per heavy atom. The molecule has 8 heteroatoms. The minimum absolute atomic E-state index is 0.135. The van der Waals surface area contributed by atoms with E-state index in [1.165, 1.54) is 30.5 Å². The van der Waals surface area contributed by atoms with Crippen LogP contribution in [0.15, 0.2) is 42.7 Å². The molecule has 5 nitrogen and oxygen atoms in total. The predicted octanol–water partition coefficient (Wildman–Crippen LogP) is 7.11. The molecule has 2 fully saturated rings. The van der Waals surface area contributed by atoms with Gasteiger partial charge < -0.3 is 15.1 Å². The molecule has 0 unspecified atom stereocenters. The van der Waals surface area contributed by atoms with Crippen LogP contribution in [0.25, 0.3) is 10.9 Å². The van der Waals surface area contributed by atoms with E-state index in [9.17, 15) is 0 Å². The van der Waals surface area contributed by atoms with Crippen molar-refractivity contribution in [3.05, 3.63) is 59.4 Å². The van der Waals surface area contributed by atoms with Crippen molar-refractivity contribution < 1.29 is 8.78 Å². The average Bonchev–Trinajstić information content (AvgIpc) is 3.00. The number of aromatic nitrogens is 2. The van der Waals surface area contributed by atoms with Gasteiger partial charge in [0.15, 0.2) is 0 Å². The molecule has 0 atom stereocenters. The van der Waals surface area contributed by atoms with Crippen molar-refractivity contribution in [3.8, 4) is 0 Å². The minimum atomic E-state index is -2.82. The Labute approximate surface area is 241 Å². The zero-order valence-corrected chi connectivity index (χ0v) is 24.2. The second-order valence-electron chi connectivity index (χ2n) is 11.6. The summed E-state index contributed by atoms with van der Waals surface area (Å²) in [4.78, 5) is 14.2. The third kappa shape index (κ3) is 6.23. The maximum absolute atomic E-state index is 15.7. The van der Waals surface area contributed by atoms with Gasteiger partial charge in [0.1, 0.15) is 12.1 Å². The zero-order chi connectivity index (χ0) is 27.4. The van der Waals surface area contributed by atoms with E-state index in [0.29, 0.717) is 19.4 Å². The second-order valence-corrected chi connectivity index (χ2v) is 12.9. The number of halogens is 2. The summed E-state index contributed by atoms with van der Waals surface area (Å²) < 4.78 is 31.4. The highest BCUT2D eigenvalue weighted by Gasteiger charge is 2.42. The lowest BCUT2D eigenvalue weighted by molar-refractivity contribution is -0.0855. The van der Waals surface area contributed by atoms with E-state index in [1.54, 1.807) is 24.5 Å². The summed E-state index contributed by atoms with van der Waals surface area (Å²) in [5.74, 6) is -0.364. The van der Waals surface area contributed by atoms with E-state index in [0.717, 1.165) is 85.8 Å². The molecule has 1 N–H and O–H groups in total. The van der Waals surface area contributed by atoms with Crippen LogP contribution in [0.1, 0.15) is 61.6 Å². The van der Waals surface area contributed by atoms with Crippen LogP contribution in [0.4, 0.5) is 20.3 Å². The standard InChI is InChI=1S/C32H41F2N5S/c33-32(34)26-10-13-38(14-11-26)12-5-3-1-2-4-8-25-20-28(39-15-17-40-18-16-39)21-29-30(25)36-23-37-31(29)35-22-24-7-6-9-27(32)19-24/h6-7,9,19-21,23,26H,1-5,8,10-18,22H2,(H,35,36,37). The molecule has 4 aliphatic heterocycles. The zero-order valence-electron chi connectivity index (χ0n) is 23.4. The van der Waals surface area contributed by atoms with Crippen molar-refractivity contribution in [2.45, 2.75) is 63.8 Å². The molecule has 40 heavy (non-hydrogen) atoms. The van der Waals surface area contributed by atoms with Gasteiger partial charge in [-0.1, -0.05) is 37.5 Å². The first-order valence-electron chi connectivity index (χ1n) is 15.1. The highest BCUT2D eigenvalue weighted by Crippen LogP contribution is 2.42. The van der Waals surface area contributed by atoms with Gasteiger partial charge in [0, 0.05) is 53.7 Å². The van der Waals surface area contributed by atoms with Crippen molar-refractivity contribution >= 4 is 34.2 Å². The first kappa shape index (κ1) is 27.7. The van der Waals surface area contributed by atoms with E-state index >= 15 is 8.78 Å². The van der Waals surface area contributed by atoms with Gasteiger partial charge in [0.2, 0.25) is 0 Å². The Balaban J connectivity index is 1.32. The van der Waals surface area contributed by atoms with Gasteiger partial charge in [-0.3, -0.25) is 0 Å². The second kappa shape index (κ2) is 12.6. The summed E-state index contributed by atoms with van der Waals surface area (Å²) in [5.41, 5.74) is 4.51. The topological polar surface area (TPSA) is 44.3 Å². The number of piperidine rings is 1. The monoisotopic (exact) mass is 565 g/mol. The summed E-state index contributed by atoms with van der Waals surface area (Å²) in [6.07, 6.45) is 9.67. The van der Waals surface area contributed by atoms with Crippen LogP contribution < -0.4 is 10.2 Å².